The highest BCUT2D eigenvalue weighted by molar-refractivity contribution is 9.10. The largest absolute Gasteiger partial charge is 0.349 e. The summed E-state index contributed by atoms with van der Waals surface area (Å²) in [6, 6.07) is 5.66. The third kappa shape index (κ3) is 3.76. The summed E-state index contributed by atoms with van der Waals surface area (Å²) in [5.41, 5.74) is 0.864. The van der Waals surface area contributed by atoms with Gasteiger partial charge in [-0.15, -0.1) is 0 Å². The fraction of sp³-hybridized carbons (Fsp3) is 0.455. The van der Waals surface area contributed by atoms with Gasteiger partial charge >= 0.3 is 0 Å². The monoisotopic (exact) mass is 292 g/mol. The second kappa shape index (κ2) is 6.48. The fourth-order valence-corrected chi connectivity index (χ4v) is 1.99. The SMILES string of the molecule is CCOC(OCC)c1ccc(Br)cc1Cl. The number of benzene rings is 1. The molecule has 0 radical (unpaired) electrons. The molecule has 0 aromatic heterocycles. The average Bonchev–Trinajstić information content (AvgIpc) is 2.17. The molecule has 0 fully saturated rings. The molecule has 0 N–H and O–H groups in total. The van der Waals surface area contributed by atoms with Gasteiger partial charge in [0.2, 0.25) is 0 Å². The molecule has 0 saturated heterocycles. The molecule has 4 heteroatoms. The van der Waals surface area contributed by atoms with Crippen LogP contribution in [0.3, 0.4) is 0 Å². The molecule has 0 unspecified atom stereocenters. The summed E-state index contributed by atoms with van der Waals surface area (Å²) in [6.45, 7) is 5.05. The van der Waals surface area contributed by atoms with E-state index in [1.54, 1.807) is 0 Å². The number of ether oxygens (including phenoxy) is 2. The summed E-state index contributed by atoms with van der Waals surface area (Å²) < 4.78 is 11.9. The van der Waals surface area contributed by atoms with Crippen LogP contribution in [0.4, 0.5) is 0 Å². The summed E-state index contributed by atoms with van der Waals surface area (Å²) in [6.07, 6.45) is -0.374. The highest BCUT2D eigenvalue weighted by atomic mass is 79.9. The second-order valence-corrected chi connectivity index (χ2v) is 4.23. The summed E-state index contributed by atoms with van der Waals surface area (Å²) in [4.78, 5) is 0. The van der Waals surface area contributed by atoms with E-state index in [1.165, 1.54) is 0 Å². The molecule has 0 bridgehead atoms. The Kier molecular flexibility index (Phi) is 5.61. The fourth-order valence-electron chi connectivity index (χ4n) is 1.22. The Labute approximate surface area is 104 Å². The quantitative estimate of drug-likeness (QED) is 0.758. The standard InChI is InChI=1S/C11H14BrClO2/c1-3-14-11(15-4-2)9-6-5-8(12)7-10(9)13/h5-7,11H,3-4H2,1-2H3. The average molecular weight is 294 g/mol. The number of rotatable bonds is 5. The van der Waals surface area contributed by atoms with Crippen molar-refractivity contribution < 1.29 is 9.47 Å². The highest BCUT2D eigenvalue weighted by Gasteiger charge is 2.14. The molecule has 0 spiro atoms. The van der Waals surface area contributed by atoms with Crippen molar-refractivity contribution in [2.24, 2.45) is 0 Å². The Balaban J connectivity index is 2.89. The first-order valence-electron chi connectivity index (χ1n) is 4.87. The lowest BCUT2D eigenvalue weighted by atomic mass is 10.2. The zero-order valence-electron chi connectivity index (χ0n) is 8.80. The normalized spacial score (nSPS) is 11.0. The van der Waals surface area contributed by atoms with Gasteiger partial charge in [0.25, 0.3) is 0 Å². The lowest BCUT2D eigenvalue weighted by molar-refractivity contribution is -0.140. The summed E-state index contributed by atoms with van der Waals surface area (Å²) in [5.74, 6) is 0. The molecule has 0 saturated carbocycles. The maximum absolute atomic E-state index is 6.11. The molecule has 0 aliphatic heterocycles. The van der Waals surface area contributed by atoms with Crippen LogP contribution >= 0.6 is 27.5 Å². The van der Waals surface area contributed by atoms with Crippen molar-refractivity contribution >= 4 is 27.5 Å². The maximum atomic E-state index is 6.11. The first kappa shape index (κ1) is 13.0. The minimum Gasteiger partial charge on any atom is -0.349 e. The number of halogens is 2. The molecule has 1 aromatic rings. The Morgan fingerprint density at radius 3 is 2.33 bits per heavy atom. The zero-order chi connectivity index (χ0) is 11.3. The van der Waals surface area contributed by atoms with Gasteiger partial charge in [0.1, 0.15) is 0 Å². The molecular formula is C11H14BrClO2. The van der Waals surface area contributed by atoms with E-state index in [1.807, 2.05) is 32.0 Å². The predicted molar refractivity (Wildman–Crippen MR) is 65.1 cm³/mol. The van der Waals surface area contributed by atoms with Gasteiger partial charge < -0.3 is 9.47 Å². The van der Waals surface area contributed by atoms with Crippen LogP contribution in [0.25, 0.3) is 0 Å². The first-order chi connectivity index (χ1) is 7.19. The molecule has 84 valence electrons. The van der Waals surface area contributed by atoms with Crippen LogP contribution in [0.15, 0.2) is 22.7 Å². The first-order valence-corrected chi connectivity index (χ1v) is 6.04. The van der Waals surface area contributed by atoms with Crippen LogP contribution in [0.1, 0.15) is 25.7 Å². The smallest absolute Gasteiger partial charge is 0.185 e. The molecule has 2 nitrogen and oxygen atoms in total. The van der Waals surface area contributed by atoms with E-state index in [0.29, 0.717) is 18.2 Å². The Bertz CT molecular complexity index is 311. The number of hydrogen-bond acceptors (Lipinski definition) is 2. The van der Waals surface area contributed by atoms with E-state index >= 15 is 0 Å². The van der Waals surface area contributed by atoms with Crippen molar-refractivity contribution in [3.63, 3.8) is 0 Å². The minimum atomic E-state index is -0.374. The molecule has 0 heterocycles. The third-order valence-corrected chi connectivity index (χ3v) is 2.67. The molecule has 1 aromatic carbocycles. The van der Waals surface area contributed by atoms with Gasteiger partial charge in [0, 0.05) is 28.3 Å². The van der Waals surface area contributed by atoms with Gasteiger partial charge in [-0.1, -0.05) is 33.6 Å². The van der Waals surface area contributed by atoms with Gasteiger partial charge in [0.05, 0.1) is 0 Å². The van der Waals surface area contributed by atoms with Gasteiger partial charge in [-0.05, 0) is 26.0 Å². The van der Waals surface area contributed by atoms with E-state index in [-0.39, 0.29) is 6.29 Å². The molecule has 15 heavy (non-hydrogen) atoms. The van der Waals surface area contributed by atoms with Gasteiger partial charge in [-0.2, -0.15) is 0 Å². The van der Waals surface area contributed by atoms with Crippen LogP contribution in [0.2, 0.25) is 5.02 Å². The van der Waals surface area contributed by atoms with Crippen LogP contribution in [0.5, 0.6) is 0 Å². The van der Waals surface area contributed by atoms with E-state index < -0.39 is 0 Å². The van der Waals surface area contributed by atoms with E-state index in [4.69, 9.17) is 21.1 Å². The second-order valence-electron chi connectivity index (χ2n) is 2.91. The highest BCUT2D eigenvalue weighted by Crippen LogP contribution is 2.29. The van der Waals surface area contributed by atoms with E-state index in [0.717, 1.165) is 10.0 Å². The van der Waals surface area contributed by atoms with Crippen LogP contribution in [0, 0.1) is 0 Å². The third-order valence-electron chi connectivity index (χ3n) is 1.85. The maximum Gasteiger partial charge on any atom is 0.185 e. The molecule has 0 amide bonds. The van der Waals surface area contributed by atoms with Crippen molar-refractivity contribution in [1.29, 1.82) is 0 Å². The predicted octanol–water partition coefficient (Wildman–Crippen LogP) is 4.17. The van der Waals surface area contributed by atoms with Crippen molar-refractivity contribution in [3.8, 4) is 0 Å². The van der Waals surface area contributed by atoms with Crippen LogP contribution < -0.4 is 0 Å². The summed E-state index contributed by atoms with van der Waals surface area (Å²) >= 11 is 9.46. The number of hydrogen-bond donors (Lipinski definition) is 0. The molecule has 1 rings (SSSR count). The summed E-state index contributed by atoms with van der Waals surface area (Å²) in [7, 11) is 0. The van der Waals surface area contributed by atoms with Crippen LogP contribution in [-0.4, -0.2) is 13.2 Å². The van der Waals surface area contributed by atoms with Gasteiger partial charge in [0.15, 0.2) is 6.29 Å². The zero-order valence-corrected chi connectivity index (χ0v) is 11.1. The Morgan fingerprint density at radius 2 is 1.87 bits per heavy atom. The van der Waals surface area contributed by atoms with Gasteiger partial charge in [-0.3, -0.25) is 0 Å². The molecule has 0 aliphatic carbocycles. The molecule has 0 atom stereocenters. The lowest BCUT2D eigenvalue weighted by Crippen LogP contribution is -2.09. The Hall–Kier alpha value is -0.0900. The molecule has 0 aliphatic rings. The van der Waals surface area contributed by atoms with Crippen molar-refractivity contribution in [2.45, 2.75) is 20.1 Å². The van der Waals surface area contributed by atoms with Crippen molar-refractivity contribution in [2.75, 3.05) is 13.2 Å². The lowest BCUT2D eigenvalue weighted by Gasteiger charge is -2.18. The van der Waals surface area contributed by atoms with Crippen molar-refractivity contribution in [1.82, 2.24) is 0 Å². The summed E-state index contributed by atoms with van der Waals surface area (Å²) in [5, 5.41) is 0.649. The van der Waals surface area contributed by atoms with Gasteiger partial charge in [-0.25, -0.2) is 0 Å². The van der Waals surface area contributed by atoms with Crippen LogP contribution in [-0.2, 0) is 9.47 Å². The molecular weight excluding hydrogens is 279 g/mol. The Morgan fingerprint density at radius 1 is 1.27 bits per heavy atom. The van der Waals surface area contributed by atoms with E-state index in [9.17, 15) is 0 Å². The van der Waals surface area contributed by atoms with Crippen molar-refractivity contribution in [3.05, 3.63) is 33.3 Å². The van der Waals surface area contributed by atoms with E-state index in [2.05, 4.69) is 15.9 Å². The topological polar surface area (TPSA) is 18.5 Å². The minimum absolute atomic E-state index is 0.374.